The molecule has 0 radical (unpaired) electrons. The van der Waals surface area contributed by atoms with Gasteiger partial charge in [-0.1, -0.05) is 60.7 Å². The molecule has 27 heavy (non-hydrogen) atoms. The number of rotatable bonds is 11. The normalized spacial score (nSPS) is 12.9. The Labute approximate surface area is 165 Å². The first-order valence-corrected chi connectivity index (χ1v) is 9.53. The van der Waals surface area contributed by atoms with Gasteiger partial charge in [0.25, 0.3) is 0 Å². The van der Waals surface area contributed by atoms with Gasteiger partial charge in [-0.05, 0) is 29.2 Å². The standard InChI is InChI=1S/C21H25NO4S/c23-20(13-18(11-12-27)17-9-5-2-6-10-17)22-19(21(24)25)15-26-14-16-7-3-1-4-8-16/h1-10,18-19,27H,11-15H2,(H,22,23)(H,24,25)/t18?,19-/m0/s1. The largest absolute Gasteiger partial charge is 0.480 e. The van der Waals surface area contributed by atoms with Gasteiger partial charge in [-0.25, -0.2) is 4.79 Å². The van der Waals surface area contributed by atoms with E-state index in [0.717, 1.165) is 17.5 Å². The number of amides is 1. The van der Waals surface area contributed by atoms with Crippen LogP contribution in [0, 0.1) is 0 Å². The maximum absolute atomic E-state index is 12.4. The zero-order valence-electron chi connectivity index (χ0n) is 15.1. The Kier molecular flexibility index (Phi) is 8.87. The first kappa shape index (κ1) is 21.0. The van der Waals surface area contributed by atoms with Crippen LogP contribution in [0.4, 0.5) is 0 Å². The Morgan fingerprint density at radius 2 is 1.67 bits per heavy atom. The maximum atomic E-state index is 12.4. The molecular weight excluding hydrogens is 362 g/mol. The zero-order chi connectivity index (χ0) is 19.5. The Hall–Kier alpha value is -2.31. The van der Waals surface area contributed by atoms with E-state index in [0.29, 0.717) is 12.4 Å². The van der Waals surface area contributed by atoms with Crippen LogP contribution in [0.25, 0.3) is 0 Å². The third-order valence-electron chi connectivity index (χ3n) is 4.21. The summed E-state index contributed by atoms with van der Waals surface area (Å²) >= 11 is 4.27. The summed E-state index contributed by atoms with van der Waals surface area (Å²) < 4.78 is 5.47. The number of nitrogens with one attached hydrogen (secondary N) is 1. The lowest BCUT2D eigenvalue weighted by Crippen LogP contribution is -2.44. The Bertz CT molecular complexity index is 709. The molecule has 2 rings (SSSR count). The van der Waals surface area contributed by atoms with Gasteiger partial charge >= 0.3 is 5.97 Å². The summed E-state index contributed by atoms with van der Waals surface area (Å²) in [6, 6.07) is 18.1. The summed E-state index contributed by atoms with van der Waals surface area (Å²) in [5.74, 6) is -0.762. The second-order valence-corrected chi connectivity index (χ2v) is 6.73. The van der Waals surface area contributed by atoms with Gasteiger partial charge in [-0.15, -0.1) is 0 Å². The van der Waals surface area contributed by atoms with Crippen LogP contribution in [-0.2, 0) is 20.9 Å². The van der Waals surface area contributed by atoms with Crippen molar-refractivity contribution in [3.63, 3.8) is 0 Å². The molecule has 2 N–H and O–H groups in total. The van der Waals surface area contributed by atoms with Crippen molar-refractivity contribution in [1.29, 1.82) is 0 Å². The number of hydrogen-bond donors (Lipinski definition) is 3. The monoisotopic (exact) mass is 387 g/mol. The van der Waals surface area contributed by atoms with E-state index in [1.165, 1.54) is 0 Å². The van der Waals surface area contributed by atoms with E-state index in [1.807, 2.05) is 60.7 Å². The average molecular weight is 388 g/mol. The van der Waals surface area contributed by atoms with Crippen LogP contribution < -0.4 is 5.32 Å². The number of carbonyl (C=O) groups is 2. The summed E-state index contributed by atoms with van der Waals surface area (Å²) in [6.07, 6.45) is 0.954. The second kappa shape index (κ2) is 11.4. The van der Waals surface area contributed by atoms with E-state index in [9.17, 15) is 14.7 Å². The van der Waals surface area contributed by atoms with Gasteiger partial charge in [-0.2, -0.15) is 12.6 Å². The molecule has 2 aromatic carbocycles. The van der Waals surface area contributed by atoms with Gasteiger partial charge in [0.05, 0.1) is 13.2 Å². The fourth-order valence-corrected chi connectivity index (χ4v) is 3.10. The second-order valence-electron chi connectivity index (χ2n) is 6.28. The smallest absolute Gasteiger partial charge is 0.328 e. The van der Waals surface area contributed by atoms with Crippen LogP contribution in [0.1, 0.15) is 29.9 Å². The number of carboxylic acid groups (broad SMARTS) is 1. The van der Waals surface area contributed by atoms with Gasteiger partial charge in [0, 0.05) is 6.42 Å². The molecule has 144 valence electrons. The lowest BCUT2D eigenvalue weighted by molar-refractivity contribution is -0.143. The third-order valence-corrected chi connectivity index (χ3v) is 4.47. The number of aliphatic carboxylic acids is 1. The number of carbonyl (C=O) groups excluding carboxylic acids is 1. The van der Waals surface area contributed by atoms with Crippen LogP contribution in [0.2, 0.25) is 0 Å². The molecular formula is C21H25NO4S. The van der Waals surface area contributed by atoms with Crippen molar-refractivity contribution < 1.29 is 19.4 Å². The van der Waals surface area contributed by atoms with E-state index < -0.39 is 12.0 Å². The van der Waals surface area contributed by atoms with Gasteiger partial charge in [0.15, 0.2) is 6.04 Å². The Morgan fingerprint density at radius 3 is 2.26 bits per heavy atom. The van der Waals surface area contributed by atoms with Crippen molar-refractivity contribution in [3.8, 4) is 0 Å². The van der Waals surface area contributed by atoms with Crippen LogP contribution in [-0.4, -0.2) is 35.4 Å². The number of hydrogen-bond acceptors (Lipinski definition) is 4. The minimum atomic E-state index is -1.11. The highest BCUT2D eigenvalue weighted by Gasteiger charge is 2.22. The molecule has 1 amide bonds. The van der Waals surface area contributed by atoms with Crippen molar-refractivity contribution in [2.75, 3.05) is 12.4 Å². The van der Waals surface area contributed by atoms with Gasteiger partial charge in [0.1, 0.15) is 0 Å². The summed E-state index contributed by atoms with van der Waals surface area (Å²) in [7, 11) is 0. The lowest BCUT2D eigenvalue weighted by Gasteiger charge is -2.19. The number of thiol groups is 1. The van der Waals surface area contributed by atoms with Crippen molar-refractivity contribution in [3.05, 3.63) is 71.8 Å². The fraction of sp³-hybridized carbons (Fsp3) is 0.333. The maximum Gasteiger partial charge on any atom is 0.328 e. The molecule has 0 bridgehead atoms. The quantitative estimate of drug-likeness (QED) is 0.517. The molecule has 0 saturated heterocycles. The lowest BCUT2D eigenvalue weighted by atomic mass is 9.93. The predicted octanol–water partition coefficient (Wildman–Crippen LogP) is 3.27. The van der Waals surface area contributed by atoms with Crippen LogP contribution >= 0.6 is 12.6 Å². The molecule has 1 unspecified atom stereocenters. The van der Waals surface area contributed by atoms with Gasteiger partial charge in [-0.3, -0.25) is 4.79 Å². The van der Waals surface area contributed by atoms with E-state index in [-0.39, 0.29) is 24.9 Å². The summed E-state index contributed by atoms with van der Waals surface area (Å²) in [5, 5.41) is 11.9. The predicted molar refractivity (Wildman–Crippen MR) is 108 cm³/mol. The van der Waals surface area contributed by atoms with E-state index in [4.69, 9.17) is 4.74 Å². The summed E-state index contributed by atoms with van der Waals surface area (Å²) in [5.41, 5.74) is 2.00. The van der Waals surface area contributed by atoms with Crippen molar-refractivity contribution in [2.24, 2.45) is 0 Å². The molecule has 0 aliphatic carbocycles. The highest BCUT2D eigenvalue weighted by Crippen LogP contribution is 2.23. The molecule has 2 aromatic rings. The molecule has 0 aliphatic heterocycles. The summed E-state index contributed by atoms with van der Waals surface area (Å²) in [4.78, 5) is 23.8. The fourth-order valence-electron chi connectivity index (χ4n) is 2.79. The first-order valence-electron chi connectivity index (χ1n) is 8.89. The SMILES string of the molecule is O=C(CC(CCS)c1ccccc1)N[C@@H](COCc1ccccc1)C(=O)O. The Morgan fingerprint density at radius 1 is 1.04 bits per heavy atom. The van der Waals surface area contributed by atoms with Crippen LogP contribution in [0.15, 0.2) is 60.7 Å². The number of ether oxygens (including phenoxy) is 1. The molecule has 0 aliphatic rings. The molecule has 2 atom stereocenters. The molecule has 6 heteroatoms. The van der Waals surface area contributed by atoms with Crippen molar-refractivity contribution >= 4 is 24.5 Å². The van der Waals surface area contributed by atoms with Crippen molar-refractivity contribution in [1.82, 2.24) is 5.32 Å². The molecule has 0 aromatic heterocycles. The third kappa shape index (κ3) is 7.45. The average Bonchev–Trinajstić information content (AvgIpc) is 2.68. The van der Waals surface area contributed by atoms with E-state index in [1.54, 1.807) is 0 Å². The molecule has 5 nitrogen and oxygen atoms in total. The zero-order valence-corrected chi connectivity index (χ0v) is 16.0. The molecule has 0 saturated carbocycles. The minimum Gasteiger partial charge on any atom is -0.480 e. The highest BCUT2D eigenvalue weighted by atomic mass is 32.1. The first-order chi connectivity index (χ1) is 13.1. The molecule has 0 fully saturated rings. The van der Waals surface area contributed by atoms with Gasteiger partial charge in [0.2, 0.25) is 5.91 Å². The Balaban J connectivity index is 1.88. The molecule has 0 heterocycles. The number of carboxylic acids is 1. The van der Waals surface area contributed by atoms with E-state index in [2.05, 4.69) is 17.9 Å². The van der Waals surface area contributed by atoms with Crippen LogP contribution in [0.3, 0.4) is 0 Å². The van der Waals surface area contributed by atoms with E-state index >= 15 is 0 Å². The topological polar surface area (TPSA) is 75.6 Å². The number of benzene rings is 2. The highest BCUT2D eigenvalue weighted by molar-refractivity contribution is 7.80. The van der Waals surface area contributed by atoms with Crippen LogP contribution in [0.5, 0.6) is 0 Å². The minimum absolute atomic E-state index is 0.00313. The molecule has 0 spiro atoms. The summed E-state index contributed by atoms with van der Waals surface area (Å²) in [6.45, 7) is 0.214. The van der Waals surface area contributed by atoms with Crippen molar-refractivity contribution in [2.45, 2.75) is 31.4 Å². The van der Waals surface area contributed by atoms with Gasteiger partial charge < -0.3 is 15.2 Å².